The van der Waals surface area contributed by atoms with Crippen molar-refractivity contribution in [3.05, 3.63) is 23.5 Å². The van der Waals surface area contributed by atoms with Crippen LogP contribution < -0.4 is 20.5 Å². The van der Waals surface area contributed by atoms with E-state index in [0.29, 0.717) is 36.1 Å². The lowest BCUT2D eigenvalue weighted by Gasteiger charge is -2.33. The number of nitrogens with two attached hydrogens (primary N) is 1. The summed E-state index contributed by atoms with van der Waals surface area (Å²) in [6.45, 7) is 6.69. The standard InChI is InChI=1S/C18H24N2O4/c1-4-22-14-9-6-11-10(3)15(24-16(11)17(14)23-5-2)18(21)20-13-8-7-12(13)19/h6,9,12-13H,4-5,7-8,19H2,1-3H3,(H,20,21). The predicted octanol–water partition coefficient (Wildman–Crippen LogP) is 2.76. The molecule has 24 heavy (non-hydrogen) atoms. The average molecular weight is 332 g/mol. The minimum Gasteiger partial charge on any atom is -0.490 e. The predicted molar refractivity (Wildman–Crippen MR) is 91.8 cm³/mol. The maximum Gasteiger partial charge on any atom is 0.287 e. The summed E-state index contributed by atoms with van der Waals surface area (Å²) in [5.74, 6) is 1.23. The third-order valence-corrected chi connectivity index (χ3v) is 4.46. The molecular formula is C18H24N2O4. The molecule has 1 fully saturated rings. The second kappa shape index (κ2) is 6.73. The average Bonchev–Trinajstić information content (AvgIpc) is 2.91. The Labute approximate surface area is 141 Å². The molecule has 2 unspecified atom stereocenters. The van der Waals surface area contributed by atoms with Crippen molar-refractivity contribution >= 4 is 16.9 Å². The van der Waals surface area contributed by atoms with Gasteiger partial charge in [-0.1, -0.05) is 0 Å². The third-order valence-electron chi connectivity index (χ3n) is 4.46. The van der Waals surface area contributed by atoms with Crippen LogP contribution in [0.5, 0.6) is 11.5 Å². The molecule has 6 heteroatoms. The Morgan fingerprint density at radius 2 is 2.04 bits per heavy atom. The normalized spacial score (nSPS) is 19.8. The summed E-state index contributed by atoms with van der Waals surface area (Å²) in [4.78, 5) is 12.5. The van der Waals surface area contributed by atoms with E-state index in [-0.39, 0.29) is 18.0 Å². The molecule has 0 saturated heterocycles. The summed E-state index contributed by atoms with van der Waals surface area (Å²) >= 11 is 0. The van der Waals surface area contributed by atoms with Gasteiger partial charge in [0.15, 0.2) is 17.1 Å². The molecule has 1 saturated carbocycles. The second-order valence-electron chi connectivity index (χ2n) is 6.01. The quantitative estimate of drug-likeness (QED) is 0.849. The fraction of sp³-hybridized carbons (Fsp3) is 0.500. The first-order chi connectivity index (χ1) is 11.6. The first kappa shape index (κ1) is 16.6. The van der Waals surface area contributed by atoms with Crippen molar-refractivity contribution in [2.75, 3.05) is 13.2 Å². The van der Waals surface area contributed by atoms with Crippen molar-refractivity contribution in [1.82, 2.24) is 5.32 Å². The van der Waals surface area contributed by atoms with Crippen LogP contribution in [0.2, 0.25) is 0 Å². The second-order valence-corrected chi connectivity index (χ2v) is 6.01. The van der Waals surface area contributed by atoms with Crippen LogP contribution in [0.15, 0.2) is 16.5 Å². The molecule has 3 rings (SSSR count). The molecule has 1 aliphatic carbocycles. The maximum atomic E-state index is 12.5. The summed E-state index contributed by atoms with van der Waals surface area (Å²) in [5, 5.41) is 3.80. The number of fused-ring (bicyclic) bond motifs is 1. The van der Waals surface area contributed by atoms with Gasteiger partial charge in [-0.15, -0.1) is 0 Å². The summed E-state index contributed by atoms with van der Waals surface area (Å²) in [7, 11) is 0. The third kappa shape index (κ3) is 2.82. The molecule has 2 atom stereocenters. The Morgan fingerprint density at radius 1 is 1.29 bits per heavy atom. The number of carbonyl (C=O) groups excluding carboxylic acids is 1. The molecule has 3 N–H and O–H groups in total. The molecule has 1 aliphatic rings. The van der Waals surface area contributed by atoms with Crippen LogP contribution in [-0.4, -0.2) is 31.2 Å². The lowest BCUT2D eigenvalue weighted by molar-refractivity contribution is 0.0878. The molecule has 2 aromatic rings. The van der Waals surface area contributed by atoms with Crippen molar-refractivity contribution in [2.24, 2.45) is 5.73 Å². The molecule has 1 aromatic heterocycles. The number of furan rings is 1. The molecule has 1 amide bonds. The lowest BCUT2D eigenvalue weighted by Crippen LogP contribution is -2.54. The zero-order valence-electron chi connectivity index (χ0n) is 14.3. The molecule has 0 spiro atoms. The number of aryl methyl sites for hydroxylation is 1. The van der Waals surface area contributed by atoms with E-state index in [2.05, 4.69) is 5.32 Å². The number of carbonyl (C=O) groups is 1. The summed E-state index contributed by atoms with van der Waals surface area (Å²) in [6, 6.07) is 3.80. The Kier molecular flexibility index (Phi) is 4.66. The number of hydrogen-bond acceptors (Lipinski definition) is 5. The van der Waals surface area contributed by atoms with E-state index in [1.54, 1.807) is 0 Å². The van der Waals surface area contributed by atoms with Crippen molar-refractivity contribution < 1.29 is 18.7 Å². The Hall–Kier alpha value is -2.21. The van der Waals surface area contributed by atoms with Gasteiger partial charge in [0, 0.05) is 23.0 Å². The van der Waals surface area contributed by atoms with Crippen molar-refractivity contribution in [1.29, 1.82) is 0 Å². The summed E-state index contributed by atoms with van der Waals surface area (Å²) in [6.07, 6.45) is 1.85. The van der Waals surface area contributed by atoms with Gasteiger partial charge in [0.05, 0.1) is 13.2 Å². The highest BCUT2D eigenvalue weighted by atomic mass is 16.5. The lowest BCUT2D eigenvalue weighted by atomic mass is 9.87. The van der Waals surface area contributed by atoms with Gasteiger partial charge in [-0.25, -0.2) is 0 Å². The van der Waals surface area contributed by atoms with Crippen molar-refractivity contribution in [2.45, 2.75) is 45.7 Å². The molecule has 1 aromatic carbocycles. The highest BCUT2D eigenvalue weighted by Gasteiger charge is 2.31. The van der Waals surface area contributed by atoms with Crippen molar-refractivity contribution in [3.8, 4) is 11.5 Å². The van der Waals surface area contributed by atoms with Crippen LogP contribution in [-0.2, 0) is 0 Å². The minimum atomic E-state index is -0.232. The van der Waals surface area contributed by atoms with E-state index in [0.717, 1.165) is 23.8 Å². The number of benzene rings is 1. The zero-order chi connectivity index (χ0) is 17.3. The van der Waals surface area contributed by atoms with Crippen LogP contribution in [0.1, 0.15) is 42.8 Å². The zero-order valence-corrected chi connectivity index (χ0v) is 14.3. The number of nitrogens with one attached hydrogen (secondary N) is 1. The Balaban J connectivity index is 1.99. The van der Waals surface area contributed by atoms with Crippen LogP contribution in [0.3, 0.4) is 0 Å². The minimum absolute atomic E-state index is 0.0236. The Bertz CT molecular complexity index is 753. The molecule has 1 heterocycles. The van der Waals surface area contributed by atoms with Gasteiger partial charge < -0.3 is 24.9 Å². The molecular weight excluding hydrogens is 308 g/mol. The van der Waals surface area contributed by atoms with Gasteiger partial charge in [-0.05, 0) is 45.7 Å². The van der Waals surface area contributed by atoms with Gasteiger partial charge in [-0.3, -0.25) is 4.79 Å². The van der Waals surface area contributed by atoms with Crippen molar-refractivity contribution in [3.63, 3.8) is 0 Å². The van der Waals surface area contributed by atoms with E-state index in [9.17, 15) is 4.79 Å². The topological polar surface area (TPSA) is 86.7 Å². The van der Waals surface area contributed by atoms with Gasteiger partial charge >= 0.3 is 0 Å². The van der Waals surface area contributed by atoms with Crippen LogP contribution in [0, 0.1) is 6.92 Å². The highest BCUT2D eigenvalue weighted by molar-refractivity contribution is 6.01. The van der Waals surface area contributed by atoms with E-state index in [1.807, 2.05) is 32.9 Å². The van der Waals surface area contributed by atoms with E-state index < -0.39 is 0 Å². The fourth-order valence-electron chi connectivity index (χ4n) is 2.95. The smallest absolute Gasteiger partial charge is 0.287 e. The first-order valence-electron chi connectivity index (χ1n) is 8.44. The number of amides is 1. The molecule has 0 bridgehead atoms. The van der Waals surface area contributed by atoms with E-state index >= 15 is 0 Å². The largest absolute Gasteiger partial charge is 0.490 e. The molecule has 0 aliphatic heterocycles. The summed E-state index contributed by atoms with van der Waals surface area (Å²) < 4.78 is 17.2. The molecule has 6 nitrogen and oxygen atoms in total. The van der Waals surface area contributed by atoms with Crippen LogP contribution in [0.4, 0.5) is 0 Å². The molecule has 0 radical (unpaired) electrons. The van der Waals surface area contributed by atoms with E-state index in [4.69, 9.17) is 19.6 Å². The monoisotopic (exact) mass is 332 g/mol. The fourth-order valence-corrected chi connectivity index (χ4v) is 2.95. The van der Waals surface area contributed by atoms with Gasteiger partial charge in [0.1, 0.15) is 0 Å². The number of hydrogen-bond donors (Lipinski definition) is 2. The van der Waals surface area contributed by atoms with Crippen LogP contribution >= 0.6 is 0 Å². The van der Waals surface area contributed by atoms with Crippen LogP contribution in [0.25, 0.3) is 11.0 Å². The first-order valence-corrected chi connectivity index (χ1v) is 8.44. The number of ether oxygens (including phenoxy) is 2. The highest BCUT2D eigenvalue weighted by Crippen LogP contribution is 2.39. The SMILES string of the molecule is CCOc1ccc2c(C)c(C(=O)NC3CCC3N)oc2c1OCC. The van der Waals surface area contributed by atoms with Gasteiger partial charge in [-0.2, -0.15) is 0 Å². The van der Waals surface area contributed by atoms with E-state index in [1.165, 1.54) is 0 Å². The van der Waals surface area contributed by atoms with Gasteiger partial charge in [0.2, 0.25) is 5.75 Å². The Morgan fingerprint density at radius 3 is 2.62 bits per heavy atom. The maximum absolute atomic E-state index is 12.5. The van der Waals surface area contributed by atoms with Gasteiger partial charge in [0.25, 0.3) is 5.91 Å². The molecule has 130 valence electrons. The number of rotatable bonds is 6. The summed E-state index contributed by atoms with van der Waals surface area (Å²) in [5.41, 5.74) is 7.23.